The minimum absolute atomic E-state index is 0.260. The van der Waals surface area contributed by atoms with Gasteiger partial charge in [0, 0.05) is 19.2 Å². The zero-order chi connectivity index (χ0) is 21.0. The van der Waals surface area contributed by atoms with E-state index in [9.17, 15) is 9.18 Å². The summed E-state index contributed by atoms with van der Waals surface area (Å²) in [7, 11) is 5.98. The second kappa shape index (κ2) is 9.06. The van der Waals surface area contributed by atoms with Crippen LogP contribution in [0.5, 0.6) is 17.2 Å². The average Bonchev–Trinajstić information content (AvgIpc) is 3.09. The van der Waals surface area contributed by atoms with Crippen molar-refractivity contribution in [3.05, 3.63) is 46.5 Å². The Balaban J connectivity index is 2.14. The number of methoxy groups -OCH3 is 4. The summed E-state index contributed by atoms with van der Waals surface area (Å²) in [5.74, 6) is 0.185. The first-order valence-corrected chi connectivity index (χ1v) is 9.51. The van der Waals surface area contributed by atoms with E-state index >= 15 is 0 Å². The number of benzene rings is 2. The van der Waals surface area contributed by atoms with Crippen LogP contribution < -0.4 is 19.0 Å². The highest BCUT2D eigenvalue weighted by molar-refractivity contribution is 7.16. The fraction of sp³-hybridized carbons (Fsp3) is 0.300. The molecular weight excluding hydrogens is 399 g/mol. The molecule has 9 heteroatoms. The SMILES string of the molecule is COCCn1c(=NC(=O)c2cc(OC)c(OC)c(OC)c2)sc2cccc(F)c21. The zero-order valence-electron chi connectivity index (χ0n) is 16.5. The minimum Gasteiger partial charge on any atom is -0.493 e. The normalized spacial score (nSPS) is 11.7. The fourth-order valence-corrected chi connectivity index (χ4v) is 3.99. The average molecular weight is 420 g/mol. The van der Waals surface area contributed by atoms with Gasteiger partial charge < -0.3 is 23.5 Å². The van der Waals surface area contributed by atoms with Crippen LogP contribution in [0, 0.1) is 5.82 Å². The van der Waals surface area contributed by atoms with Gasteiger partial charge in [0.2, 0.25) is 5.75 Å². The van der Waals surface area contributed by atoms with Crippen LogP contribution in [0.2, 0.25) is 0 Å². The highest BCUT2D eigenvalue weighted by atomic mass is 32.1. The van der Waals surface area contributed by atoms with Crippen molar-refractivity contribution in [3.8, 4) is 17.2 Å². The number of thiazole rings is 1. The molecule has 1 aromatic heterocycles. The Morgan fingerprint density at radius 3 is 2.38 bits per heavy atom. The topological polar surface area (TPSA) is 71.3 Å². The number of halogens is 1. The van der Waals surface area contributed by atoms with E-state index < -0.39 is 5.91 Å². The summed E-state index contributed by atoms with van der Waals surface area (Å²) < 4.78 is 37.7. The maximum Gasteiger partial charge on any atom is 0.279 e. The van der Waals surface area contributed by atoms with E-state index in [-0.39, 0.29) is 11.4 Å². The molecule has 0 saturated carbocycles. The van der Waals surface area contributed by atoms with Crippen LogP contribution in [0.25, 0.3) is 10.2 Å². The molecule has 0 bridgehead atoms. The molecule has 154 valence electrons. The van der Waals surface area contributed by atoms with Crippen molar-refractivity contribution in [1.82, 2.24) is 4.57 Å². The monoisotopic (exact) mass is 420 g/mol. The van der Waals surface area contributed by atoms with E-state index in [0.717, 1.165) is 0 Å². The van der Waals surface area contributed by atoms with Crippen LogP contribution in [-0.2, 0) is 11.3 Å². The van der Waals surface area contributed by atoms with Gasteiger partial charge in [-0.1, -0.05) is 17.4 Å². The van der Waals surface area contributed by atoms with Crippen molar-refractivity contribution >= 4 is 27.5 Å². The summed E-state index contributed by atoms with van der Waals surface area (Å²) in [6, 6.07) is 7.85. The highest BCUT2D eigenvalue weighted by Gasteiger charge is 2.18. The molecular formula is C20H21FN2O5S. The van der Waals surface area contributed by atoms with Crippen LogP contribution in [0.1, 0.15) is 10.4 Å². The lowest BCUT2D eigenvalue weighted by atomic mass is 10.1. The predicted octanol–water partition coefficient (Wildman–Crippen LogP) is 3.26. The van der Waals surface area contributed by atoms with E-state index in [1.807, 2.05) is 0 Å². The molecule has 0 aliphatic carbocycles. The number of hydrogen-bond acceptors (Lipinski definition) is 6. The number of nitrogens with zero attached hydrogens (tertiary/aromatic N) is 2. The molecule has 1 amide bonds. The van der Waals surface area contributed by atoms with Crippen LogP contribution in [-0.4, -0.2) is 45.5 Å². The molecule has 0 unspecified atom stereocenters. The Bertz CT molecular complexity index is 1080. The first kappa shape index (κ1) is 20.8. The fourth-order valence-electron chi connectivity index (χ4n) is 2.92. The molecule has 1 heterocycles. The van der Waals surface area contributed by atoms with Gasteiger partial charge >= 0.3 is 0 Å². The third-order valence-corrected chi connectivity index (χ3v) is 5.32. The van der Waals surface area contributed by atoms with Crippen molar-refractivity contribution in [2.75, 3.05) is 35.0 Å². The number of ether oxygens (including phenoxy) is 4. The number of fused-ring (bicyclic) bond motifs is 1. The summed E-state index contributed by atoms with van der Waals surface area (Å²) in [6.07, 6.45) is 0. The third kappa shape index (κ3) is 4.10. The van der Waals surface area contributed by atoms with Gasteiger partial charge in [0.05, 0.1) is 38.2 Å². The molecule has 2 aromatic carbocycles. The third-order valence-electron chi connectivity index (χ3n) is 4.28. The quantitative estimate of drug-likeness (QED) is 0.587. The largest absolute Gasteiger partial charge is 0.493 e. The van der Waals surface area contributed by atoms with Crippen LogP contribution in [0.3, 0.4) is 0 Å². The van der Waals surface area contributed by atoms with E-state index in [4.69, 9.17) is 18.9 Å². The summed E-state index contributed by atoms with van der Waals surface area (Å²) in [6.45, 7) is 0.713. The van der Waals surface area contributed by atoms with Gasteiger partial charge in [-0.3, -0.25) is 4.79 Å². The maximum absolute atomic E-state index is 14.4. The number of amides is 1. The highest BCUT2D eigenvalue weighted by Crippen LogP contribution is 2.38. The van der Waals surface area contributed by atoms with Gasteiger partial charge in [0.15, 0.2) is 16.3 Å². The van der Waals surface area contributed by atoms with Gasteiger partial charge in [-0.2, -0.15) is 4.99 Å². The van der Waals surface area contributed by atoms with Gasteiger partial charge in [0.25, 0.3) is 5.91 Å². The van der Waals surface area contributed by atoms with E-state index in [0.29, 0.717) is 45.4 Å². The predicted molar refractivity (Wildman–Crippen MR) is 108 cm³/mol. The number of para-hydroxylation sites is 1. The van der Waals surface area contributed by atoms with Gasteiger partial charge in [-0.05, 0) is 24.3 Å². The van der Waals surface area contributed by atoms with Crippen molar-refractivity contribution in [2.45, 2.75) is 6.54 Å². The van der Waals surface area contributed by atoms with E-state index in [1.165, 1.54) is 50.9 Å². The molecule has 29 heavy (non-hydrogen) atoms. The number of carbonyl (C=O) groups is 1. The molecule has 7 nitrogen and oxygen atoms in total. The molecule has 3 rings (SSSR count). The molecule has 0 N–H and O–H groups in total. The Labute approximate surface area is 170 Å². The number of carbonyl (C=O) groups excluding carboxylic acids is 1. The van der Waals surface area contributed by atoms with Crippen molar-refractivity contribution in [1.29, 1.82) is 0 Å². The summed E-state index contributed by atoms with van der Waals surface area (Å²) >= 11 is 1.23. The van der Waals surface area contributed by atoms with Crippen molar-refractivity contribution in [2.24, 2.45) is 4.99 Å². The molecule has 0 atom stereocenters. The van der Waals surface area contributed by atoms with Gasteiger partial charge in [-0.25, -0.2) is 4.39 Å². The first-order valence-electron chi connectivity index (χ1n) is 8.69. The van der Waals surface area contributed by atoms with Gasteiger partial charge in [0.1, 0.15) is 5.82 Å². The molecule has 0 spiro atoms. The second-order valence-electron chi connectivity index (χ2n) is 5.95. The van der Waals surface area contributed by atoms with Crippen LogP contribution in [0.15, 0.2) is 35.3 Å². The van der Waals surface area contributed by atoms with Crippen LogP contribution >= 0.6 is 11.3 Å². The summed E-state index contributed by atoms with van der Waals surface area (Å²) in [5.41, 5.74) is 0.654. The number of rotatable bonds is 7. The first-order chi connectivity index (χ1) is 14.0. The maximum atomic E-state index is 14.4. The van der Waals surface area contributed by atoms with Crippen molar-refractivity contribution in [3.63, 3.8) is 0 Å². The number of hydrogen-bond donors (Lipinski definition) is 0. The standard InChI is InChI=1S/C20H21FN2O5S/c1-25-9-8-23-17-13(21)6-5-7-16(17)29-20(23)22-19(24)12-10-14(26-2)18(28-4)15(11-12)27-3/h5-7,10-11H,8-9H2,1-4H3. The lowest BCUT2D eigenvalue weighted by Crippen LogP contribution is -2.20. The molecule has 3 aromatic rings. The Hall–Kier alpha value is -2.91. The number of aromatic nitrogens is 1. The molecule has 0 radical (unpaired) electrons. The lowest BCUT2D eigenvalue weighted by Gasteiger charge is -2.12. The summed E-state index contributed by atoms with van der Waals surface area (Å²) in [5, 5.41) is 0. The van der Waals surface area contributed by atoms with Crippen LogP contribution in [0.4, 0.5) is 4.39 Å². The van der Waals surface area contributed by atoms with Crippen molar-refractivity contribution < 1.29 is 28.1 Å². The smallest absolute Gasteiger partial charge is 0.279 e. The van der Waals surface area contributed by atoms with E-state index in [2.05, 4.69) is 4.99 Å². The zero-order valence-corrected chi connectivity index (χ0v) is 17.3. The van der Waals surface area contributed by atoms with Gasteiger partial charge in [-0.15, -0.1) is 0 Å². The van der Waals surface area contributed by atoms with E-state index in [1.54, 1.807) is 23.8 Å². The molecule has 0 aliphatic heterocycles. The lowest BCUT2D eigenvalue weighted by molar-refractivity contribution is 0.0996. The molecule has 0 saturated heterocycles. The Morgan fingerprint density at radius 2 is 1.79 bits per heavy atom. The summed E-state index contributed by atoms with van der Waals surface area (Å²) in [4.78, 5) is 17.5. The molecule has 0 fully saturated rings. The Kier molecular flexibility index (Phi) is 6.50. The minimum atomic E-state index is -0.512. The molecule has 0 aliphatic rings. The second-order valence-corrected chi connectivity index (χ2v) is 6.96. The Morgan fingerprint density at radius 1 is 1.10 bits per heavy atom.